The van der Waals surface area contributed by atoms with E-state index in [2.05, 4.69) is 20.4 Å². The molecular weight excluding hydrogens is 334 g/mol. The molecule has 1 atom stereocenters. The fourth-order valence-electron chi connectivity index (χ4n) is 3.53. The Morgan fingerprint density at radius 2 is 2.04 bits per heavy atom. The molecule has 1 fully saturated rings. The molecular formula is C18H21N5O3. The molecule has 2 aromatic rings. The van der Waals surface area contributed by atoms with Gasteiger partial charge in [-0.2, -0.15) is 0 Å². The van der Waals surface area contributed by atoms with Crippen molar-refractivity contribution in [3.05, 3.63) is 40.8 Å². The second-order valence-electron chi connectivity index (χ2n) is 6.89. The lowest BCUT2D eigenvalue weighted by atomic mass is 9.91. The third-order valence-electron chi connectivity index (χ3n) is 4.98. The first-order valence-corrected chi connectivity index (χ1v) is 8.98. The lowest BCUT2D eigenvalue weighted by Gasteiger charge is -2.23. The molecule has 0 bridgehead atoms. The van der Waals surface area contributed by atoms with Gasteiger partial charge in [0.15, 0.2) is 5.69 Å². The largest absolute Gasteiger partial charge is 0.360 e. The zero-order valence-corrected chi connectivity index (χ0v) is 14.7. The van der Waals surface area contributed by atoms with Crippen molar-refractivity contribution in [2.24, 2.45) is 0 Å². The summed E-state index contributed by atoms with van der Waals surface area (Å²) in [7, 11) is 0. The van der Waals surface area contributed by atoms with E-state index in [4.69, 9.17) is 4.52 Å². The van der Waals surface area contributed by atoms with Gasteiger partial charge >= 0.3 is 0 Å². The minimum Gasteiger partial charge on any atom is -0.360 e. The summed E-state index contributed by atoms with van der Waals surface area (Å²) in [6.07, 6.45) is 7.04. The highest BCUT2D eigenvalue weighted by atomic mass is 16.5. The number of likely N-dealkylation sites (tertiary alicyclic amines) is 1. The quantitative estimate of drug-likeness (QED) is 0.890. The third-order valence-corrected chi connectivity index (χ3v) is 4.98. The van der Waals surface area contributed by atoms with Gasteiger partial charge in [0.1, 0.15) is 11.5 Å². The number of aromatic nitrogens is 3. The summed E-state index contributed by atoms with van der Waals surface area (Å²) in [5, 5.41) is 7.01. The Morgan fingerprint density at radius 1 is 1.23 bits per heavy atom. The Hall–Kier alpha value is -2.77. The highest BCUT2D eigenvalue weighted by Crippen LogP contribution is 2.26. The monoisotopic (exact) mass is 355 g/mol. The van der Waals surface area contributed by atoms with Crippen LogP contribution in [-0.2, 0) is 12.8 Å². The topological polar surface area (TPSA) is 101 Å². The number of nitrogens with zero attached hydrogens (tertiary/aromatic N) is 4. The Labute approximate surface area is 151 Å². The minimum absolute atomic E-state index is 0.0659. The van der Waals surface area contributed by atoms with Gasteiger partial charge in [0.2, 0.25) is 0 Å². The number of hydrogen-bond donors (Lipinski definition) is 1. The molecule has 2 aliphatic rings. The third kappa shape index (κ3) is 3.18. The number of amides is 2. The van der Waals surface area contributed by atoms with Crippen molar-refractivity contribution < 1.29 is 14.1 Å². The van der Waals surface area contributed by atoms with Crippen LogP contribution in [0.5, 0.6) is 0 Å². The lowest BCUT2D eigenvalue weighted by Crippen LogP contribution is -2.39. The molecule has 0 radical (unpaired) electrons. The van der Waals surface area contributed by atoms with Crippen molar-refractivity contribution in [1.82, 2.24) is 25.3 Å². The zero-order valence-electron chi connectivity index (χ0n) is 14.7. The molecule has 1 saturated heterocycles. The Balaban J connectivity index is 1.47. The van der Waals surface area contributed by atoms with Crippen LogP contribution in [0.15, 0.2) is 16.9 Å². The molecule has 2 amide bonds. The Bertz CT molecular complexity index is 824. The summed E-state index contributed by atoms with van der Waals surface area (Å²) in [5.74, 6) is 0.437. The first kappa shape index (κ1) is 16.7. The van der Waals surface area contributed by atoms with Crippen molar-refractivity contribution in [2.75, 3.05) is 13.1 Å². The summed E-state index contributed by atoms with van der Waals surface area (Å²) in [4.78, 5) is 35.1. The highest BCUT2D eigenvalue weighted by molar-refractivity contribution is 5.94. The normalized spacial score (nSPS) is 19.3. The van der Waals surface area contributed by atoms with Crippen molar-refractivity contribution >= 4 is 11.8 Å². The van der Waals surface area contributed by atoms with E-state index in [-0.39, 0.29) is 17.9 Å². The van der Waals surface area contributed by atoms with E-state index >= 15 is 0 Å². The molecule has 3 heterocycles. The van der Waals surface area contributed by atoms with Crippen LogP contribution in [0.25, 0.3) is 0 Å². The van der Waals surface area contributed by atoms with Crippen molar-refractivity contribution in [1.29, 1.82) is 0 Å². The van der Waals surface area contributed by atoms with Gasteiger partial charge in [0.25, 0.3) is 11.8 Å². The first-order valence-electron chi connectivity index (χ1n) is 8.98. The summed E-state index contributed by atoms with van der Waals surface area (Å²) in [6.45, 7) is 3.36. The van der Waals surface area contributed by atoms with E-state index in [1.54, 1.807) is 6.20 Å². The molecule has 4 rings (SSSR count). The minimum atomic E-state index is -0.255. The van der Waals surface area contributed by atoms with Crippen LogP contribution in [0, 0.1) is 6.92 Å². The van der Waals surface area contributed by atoms with Crippen LogP contribution in [-0.4, -0.2) is 51.0 Å². The van der Waals surface area contributed by atoms with Gasteiger partial charge in [-0.3, -0.25) is 14.6 Å². The predicted molar refractivity (Wildman–Crippen MR) is 91.7 cm³/mol. The standard InChI is InChI=1S/C18H21N5O3/c1-11-9-20-14(10-19-11)17(24)21-12-4-5-15-13(8-12)16(22-26-15)18(25)23-6-2-3-7-23/h9-10,12H,2-8H2,1H3,(H,21,24). The molecule has 0 spiro atoms. The number of nitrogens with one attached hydrogen (secondary N) is 1. The molecule has 0 aromatic carbocycles. The van der Waals surface area contributed by atoms with Gasteiger partial charge in [-0.15, -0.1) is 0 Å². The summed E-state index contributed by atoms with van der Waals surface area (Å²) >= 11 is 0. The summed E-state index contributed by atoms with van der Waals surface area (Å²) < 4.78 is 5.39. The molecule has 136 valence electrons. The van der Waals surface area contributed by atoms with E-state index in [0.29, 0.717) is 24.2 Å². The maximum absolute atomic E-state index is 12.7. The van der Waals surface area contributed by atoms with E-state index < -0.39 is 0 Å². The molecule has 1 aliphatic carbocycles. The van der Waals surface area contributed by atoms with Gasteiger partial charge in [-0.05, 0) is 32.6 Å². The van der Waals surface area contributed by atoms with Crippen LogP contribution in [0.4, 0.5) is 0 Å². The number of rotatable bonds is 3. The zero-order chi connectivity index (χ0) is 18.1. The average molecular weight is 355 g/mol. The molecule has 8 heteroatoms. The molecule has 26 heavy (non-hydrogen) atoms. The maximum atomic E-state index is 12.7. The van der Waals surface area contributed by atoms with Crippen LogP contribution in [0.3, 0.4) is 0 Å². The number of carbonyl (C=O) groups is 2. The van der Waals surface area contributed by atoms with Crippen molar-refractivity contribution in [3.8, 4) is 0 Å². The SMILES string of the molecule is Cc1cnc(C(=O)NC2CCc3onc(C(=O)N4CCCC4)c3C2)cn1. The van der Waals surface area contributed by atoms with Crippen LogP contribution < -0.4 is 5.32 Å². The van der Waals surface area contributed by atoms with E-state index in [0.717, 1.165) is 49.4 Å². The van der Waals surface area contributed by atoms with Gasteiger partial charge in [-0.25, -0.2) is 4.98 Å². The van der Waals surface area contributed by atoms with Crippen molar-refractivity contribution in [3.63, 3.8) is 0 Å². The fourth-order valence-corrected chi connectivity index (χ4v) is 3.53. The van der Waals surface area contributed by atoms with Crippen LogP contribution in [0.2, 0.25) is 0 Å². The lowest BCUT2D eigenvalue weighted by molar-refractivity contribution is 0.0781. The van der Waals surface area contributed by atoms with Gasteiger partial charge in [0, 0.05) is 37.3 Å². The average Bonchev–Trinajstić information content (AvgIpc) is 3.31. The maximum Gasteiger partial charge on any atom is 0.276 e. The number of hydrogen-bond acceptors (Lipinski definition) is 6. The van der Waals surface area contributed by atoms with Gasteiger partial charge < -0.3 is 14.7 Å². The second-order valence-corrected chi connectivity index (χ2v) is 6.89. The number of carbonyl (C=O) groups excluding carboxylic acids is 2. The van der Waals surface area contributed by atoms with Gasteiger partial charge in [-0.1, -0.05) is 5.16 Å². The van der Waals surface area contributed by atoms with E-state index in [9.17, 15) is 9.59 Å². The molecule has 8 nitrogen and oxygen atoms in total. The van der Waals surface area contributed by atoms with Crippen molar-refractivity contribution in [2.45, 2.75) is 45.1 Å². The Kier molecular flexibility index (Phi) is 4.40. The molecule has 1 unspecified atom stereocenters. The number of fused-ring (bicyclic) bond motifs is 1. The predicted octanol–water partition coefficient (Wildman–Crippen LogP) is 1.30. The highest BCUT2D eigenvalue weighted by Gasteiger charge is 2.32. The van der Waals surface area contributed by atoms with Crippen LogP contribution in [0.1, 0.15) is 57.3 Å². The molecule has 2 aromatic heterocycles. The Morgan fingerprint density at radius 3 is 2.77 bits per heavy atom. The molecule has 0 saturated carbocycles. The summed E-state index contributed by atoms with van der Waals surface area (Å²) in [6, 6.07) is -0.0809. The fraction of sp³-hybridized carbons (Fsp3) is 0.500. The smallest absolute Gasteiger partial charge is 0.276 e. The van der Waals surface area contributed by atoms with Crippen LogP contribution >= 0.6 is 0 Å². The second kappa shape index (κ2) is 6.86. The summed E-state index contributed by atoms with van der Waals surface area (Å²) in [5.41, 5.74) is 2.28. The molecule has 1 aliphatic heterocycles. The first-order chi connectivity index (χ1) is 12.6. The van der Waals surface area contributed by atoms with E-state index in [1.807, 2.05) is 11.8 Å². The number of aryl methyl sites for hydroxylation is 2. The van der Waals surface area contributed by atoms with Gasteiger partial charge in [0.05, 0.1) is 11.9 Å². The van der Waals surface area contributed by atoms with E-state index in [1.165, 1.54) is 6.20 Å². The molecule has 1 N–H and O–H groups in total.